The first kappa shape index (κ1) is 9.22. The number of nitrogens with two attached hydrogens (primary N) is 1. The molecule has 1 aromatic carbocycles. The second-order valence-electron chi connectivity index (χ2n) is 3.87. The van der Waals surface area contributed by atoms with Crippen LogP contribution in [0.2, 0.25) is 0 Å². The van der Waals surface area contributed by atoms with E-state index in [1.807, 2.05) is 0 Å². The average molecular weight is 240 g/mol. The molecule has 2 atom stereocenters. The summed E-state index contributed by atoms with van der Waals surface area (Å²) in [4.78, 5) is 0. The van der Waals surface area contributed by atoms with E-state index in [1.54, 1.807) is 0 Å². The van der Waals surface area contributed by atoms with Crippen LogP contribution in [-0.2, 0) is 6.42 Å². The van der Waals surface area contributed by atoms with Crippen molar-refractivity contribution in [2.45, 2.75) is 19.3 Å². The number of halogens is 1. The lowest BCUT2D eigenvalue weighted by Crippen LogP contribution is -2.15. The number of fused-ring (bicyclic) bond motifs is 1. The topological polar surface area (TPSA) is 26.0 Å². The molecule has 0 aromatic heterocycles. The van der Waals surface area contributed by atoms with Crippen molar-refractivity contribution in [2.24, 2.45) is 11.7 Å². The molecule has 1 aromatic rings. The molecule has 0 aliphatic heterocycles. The number of rotatable bonds is 1. The van der Waals surface area contributed by atoms with Gasteiger partial charge in [0.05, 0.1) is 0 Å². The summed E-state index contributed by atoms with van der Waals surface area (Å²) in [7, 11) is 0. The first-order valence-electron chi connectivity index (χ1n) is 4.70. The van der Waals surface area contributed by atoms with E-state index >= 15 is 0 Å². The highest BCUT2D eigenvalue weighted by Crippen LogP contribution is 2.37. The lowest BCUT2D eigenvalue weighted by Gasteiger charge is -2.13. The van der Waals surface area contributed by atoms with Gasteiger partial charge in [-0.3, -0.25) is 0 Å². The van der Waals surface area contributed by atoms with Crippen LogP contribution in [0.4, 0.5) is 0 Å². The third-order valence-corrected chi connectivity index (χ3v) is 3.48. The second-order valence-corrected chi connectivity index (χ2v) is 4.78. The van der Waals surface area contributed by atoms with E-state index in [2.05, 4.69) is 41.1 Å². The molecule has 2 rings (SSSR count). The van der Waals surface area contributed by atoms with Crippen molar-refractivity contribution in [3.8, 4) is 0 Å². The summed E-state index contributed by atoms with van der Waals surface area (Å²) in [6.07, 6.45) is 1.18. The van der Waals surface area contributed by atoms with Gasteiger partial charge in [-0.15, -0.1) is 0 Å². The fraction of sp³-hybridized carbons (Fsp3) is 0.455. The fourth-order valence-electron chi connectivity index (χ4n) is 2.27. The molecule has 70 valence electrons. The predicted octanol–water partition coefficient (Wildman–Crippen LogP) is 2.68. The van der Waals surface area contributed by atoms with Crippen LogP contribution in [0.1, 0.15) is 24.0 Å². The standard InChI is InChI=1S/C11H14BrN/c1-7-4-8-5-9(12)2-3-10(8)11(7)6-13/h2-3,5,7,11H,4,6,13H2,1H3. The van der Waals surface area contributed by atoms with Gasteiger partial charge in [0, 0.05) is 4.47 Å². The molecule has 0 spiro atoms. The van der Waals surface area contributed by atoms with E-state index in [0.717, 1.165) is 6.54 Å². The zero-order valence-corrected chi connectivity index (χ0v) is 9.34. The number of hydrogen-bond acceptors (Lipinski definition) is 1. The van der Waals surface area contributed by atoms with Crippen LogP contribution in [0.15, 0.2) is 22.7 Å². The van der Waals surface area contributed by atoms with Crippen molar-refractivity contribution in [2.75, 3.05) is 6.54 Å². The summed E-state index contributed by atoms with van der Waals surface area (Å²) < 4.78 is 1.18. The van der Waals surface area contributed by atoms with Gasteiger partial charge in [0.15, 0.2) is 0 Å². The van der Waals surface area contributed by atoms with E-state index in [4.69, 9.17) is 5.73 Å². The predicted molar refractivity (Wildman–Crippen MR) is 58.8 cm³/mol. The van der Waals surface area contributed by atoms with Crippen LogP contribution >= 0.6 is 15.9 Å². The molecule has 0 radical (unpaired) electrons. The molecule has 0 saturated carbocycles. The SMILES string of the molecule is CC1Cc2cc(Br)ccc2C1CN. The van der Waals surface area contributed by atoms with Crippen LogP contribution in [0.25, 0.3) is 0 Å². The van der Waals surface area contributed by atoms with Crippen molar-refractivity contribution in [3.05, 3.63) is 33.8 Å². The molecule has 0 saturated heterocycles. The van der Waals surface area contributed by atoms with Gasteiger partial charge < -0.3 is 5.73 Å². The average Bonchev–Trinajstić information content (AvgIpc) is 2.39. The summed E-state index contributed by atoms with van der Waals surface area (Å²) >= 11 is 3.50. The molecule has 1 aliphatic rings. The van der Waals surface area contributed by atoms with Gasteiger partial charge in [0.2, 0.25) is 0 Å². The normalized spacial score (nSPS) is 26.1. The van der Waals surface area contributed by atoms with Gasteiger partial charge in [-0.25, -0.2) is 0 Å². The highest BCUT2D eigenvalue weighted by atomic mass is 79.9. The Morgan fingerprint density at radius 2 is 2.31 bits per heavy atom. The fourth-order valence-corrected chi connectivity index (χ4v) is 2.68. The molecule has 2 unspecified atom stereocenters. The summed E-state index contributed by atoms with van der Waals surface area (Å²) in [6, 6.07) is 6.54. The number of hydrogen-bond donors (Lipinski definition) is 1. The molecule has 2 N–H and O–H groups in total. The minimum Gasteiger partial charge on any atom is -0.330 e. The quantitative estimate of drug-likeness (QED) is 0.802. The minimum atomic E-state index is 0.572. The van der Waals surface area contributed by atoms with Crippen LogP contribution < -0.4 is 5.73 Å². The highest BCUT2D eigenvalue weighted by molar-refractivity contribution is 9.10. The molecule has 0 fully saturated rings. The van der Waals surface area contributed by atoms with Crippen molar-refractivity contribution < 1.29 is 0 Å². The Labute approximate surface area is 87.5 Å². The molecule has 1 nitrogen and oxygen atoms in total. The highest BCUT2D eigenvalue weighted by Gasteiger charge is 2.27. The van der Waals surface area contributed by atoms with Crippen molar-refractivity contribution in [1.29, 1.82) is 0 Å². The molecular formula is C11H14BrN. The van der Waals surface area contributed by atoms with Gasteiger partial charge in [0.25, 0.3) is 0 Å². The number of benzene rings is 1. The van der Waals surface area contributed by atoms with Crippen molar-refractivity contribution in [1.82, 2.24) is 0 Å². The molecule has 0 amide bonds. The van der Waals surface area contributed by atoms with Crippen LogP contribution in [-0.4, -0.2) is 6.54 Å². The second kappa shape index (κ2) is 3.43. The molecule has 1 aliphatic carbocycles. The summed E-state index contributed by atoms with van der Waals surface area (Å²) in [5, 5.41) is 0. The van der Waals surface area contributed by atoms with E-state index in [9.17, 15) is 0 Å². The van der Waals surface area contributed by atoms with E-state index in [1.165, 1.54) is 22.0 Å². The van der Waals surface area contributed by atoms with Crippen molar-refractivity contribution in [3.63, 3.8) is 0 Å². The first-order valence-corrected chi connectivity index (χ1v) is 5.50. The molecule has 13 heavy (non-hydrogen) atoms. The van der Waals surface area contributed by atoms with Crippen LogP contribution in [0.3, 0.4) is 0 Å². The first-order chi connectivity index (χ1) is 6.22. The lowest BCUT2D eigenvalue weighted by molar-refractivity contribution is 0.506. The maximum atomic E-state index is 5.77. The third kappa shape index (κ3) is 1.53. The Hall–Kier alpha value is -0.340. The van der Waals surface area contributed by atoms with Gasteiger partial charge in [-0.05, 0) is 48.1 Å². The third-order valence-electron chi connectivity index (χ3n) is 2.99. The Morgan fingerprint density at radius 3 is 3.00 bits per heavy atom. The monoisotopic (exact) mass is 239 g/mol. The Bertz CT molecular complexity index is 322. The van der Waals surface area contributed by atoms with E-state index in [0.29, 0.717) is 11.8 Å². The van der Waals surface area contributed by atoms with E-state index in [-0.39, 0.29) is 0 Å². The van der Waals surface area contributed by atoms with Crippen LogP contribution in [0.5, 0.6) is 0 Å². The van der Waals surface area contributed by atoms with E-state index < -0.39 is 0 Å². The Morgan fingerprint density at radius 1 is 1.54 bits per heavy atom. The van der Waals surface area contributed by atoms with Crippen molar-refractivity contribution >= 4 is 15.9 Å². The van der Waals surface area contributed by atoms with Crippen LogP contribution in [0, 0.1) is 5.92 Å². The van der Waals surface area contributed by atoms with Gasteiger partial charge >= 0.3 is 0 Å². The lowest BCUT2D eigenvalue weighted by atomic mass is 9.94. The van der Waals surface area contributed by atoms with Gasteiger partial charge in [-0.1, -0.05) is 28.9 Å². The maximum absolute atomic E-state index is 5.77. The zero-order chi connectivity index (χ0) is 9.42. The molecule has 2 heteroatoms. The molecule has 0 bridgehead atoms. The Kier molecular flexibility index (Phi) is 2.43. The summed E-state index contributed by atoms with van der Waals surface area (Å²) in [6.45, 7) is 3.06. The summed E-state index contributed by atoms with van der Waals surface area (Å²) in [5.74, 6) is 1.28. The zero-order valence-electron chi connectivity index (χ0n) is 7.76. The maximum Gasteiger partial charge on any atom is 0.0178 e. The van der Waals surface area contributed by atoms with Gasteiger partial charge in [-0.2, -0.15) is 0 Å². The largest absolute Gasteiger partial charge is 0.330 e. The molecular weight excluding hydrogens is 226 g/mol. The smallest absolute Gasteiger partial charge is 0.0178 e. The van der Waals surface area contributed by atoms with Gasteiger partial charge in [0.1, 0.15) is 0 Å². The molecule has 0 heterocycles. The summed E-state index contributed by atoms with van der Waals surface area (Å²) in [5.41, 5.74) is 8.69. The minimum absolute atomic E-state index is 0.572. The Balaban J connectivity index is 2.42.